The maximum atomic E-state index is 13.6. The summed E-state index contributed by atoms with van der Waals surface area (Å²) in [5.41, 5.74) is 2.00. The number of fused-ring (bicyclic) bond motifs is 1. The molecule has 6 nitrogen and oxygen atoms in total. The van der Waals surface area contributed by atoms with Gasteiger partial charge in [-0.3, -0.25) is 14.6 Å². The first kappa shape index (κ1) is 20.5. The number of rotatable bonds is 6. The van der Waals surface area contributed by atoms with E-state index in [9.17, 15) is 9.59 Å². The Morgan fingerprint density at radius 1 is 1.17 bits per heavy atom. The lowest BCUT2D eigenvalue weighted by atomic mass is 9.65. The van der Waals surface area contributed by atoms with Crippen LogP contribution in [0.1, 0.15) is 59.5 Å². The Bertz CT molecular complexity index is 894. The summed E-state index contributed by atoms with van der Waals surface area (Å²) in [6.45, 7) is 1.40. The second-order valence-electron chi connectivity index (χ2n) is 8.21. The molecule has 1 N–H and O–H groups in total. The Kier molecular flexibility index (Phi) is 6.13. The normalized spacial score (nSPS) is 20.1. The van der Waals surface area contributed by atoms with Crippen molar-refractivity contribution in [2.45, 2.75) is 50.1 Å². The van der Waals surface area contributed by atoms with E-state index in [2.05, 4.69) is 10.3 Å². The van der Waals surface area contributed by atoms with Crippen LogP contribution in [0.3, 0.4) is 0 Å². The molecule has 0 radical (unpaired) electrons. The van der Waals surface area contributed by atoms with E-state index in [4.69, 9.17) is 4.74 Å². The zero-order valence-electron chi connectivity index (χ0n) is 17.5. The summed E-state index contributed by atoms with van der Waals surface area (Å²) in [4.78, 5) is 33.1. The van der Waals surface area contributed by atoms with Gasteiger partial charge in [-0.15, -0.1) is 0 Å². The predicted molar refractivity (Wildman–Crippen MR) is 114 cm³/mol. The van der Waals surface area contributed by atoms with Crippen LogP contribution >= 0.6 is 0 Å². The number of nitrogens with one attached hydrogen (secondary N) is 1. The van der Waals surface area contributed by atoms with Gasteiger partial charge in [0.1, 0.15) is 0 Å². The van der Waals surface area contributed by atoms with Gasteiger partial charge in [0.2, 0.25) is 5.91 Å². The summed E-state index contributed by atoms with van der Waals surface area (Å²) in [6, 6.07) is 11.4. The topological polar surface area (TPSA) is 71.5 Å². The molecule has 1 saturated carbocycles. The summed E-state index contributed by atoms with van der Waals surface area (Å²) in [5.74, 6) is -0.385. The number of amides is 2. The lowest BCUT2D eigenvalue weighted by Crippen LogP contribution is -2.63. The minimum Gasteiger partial charge on any atom is -0.383 e. The van der Waals surface area contributed by atoms with Crippen molar-refractivity contribution in [2.75, 3.05) is 20.3 Å². The van der Waals surface area contributed by atoms with Crippen LogP contribution in [-0.4, -0.2) is 47.5 Å². The molecular formula is C24H29N3O3. The van der Waals surface area contributed by atoms with Crippen LogP contribution in [0.5, 0.6) is 0 Å². The van der Waals surface area contributed by atoms with Crippen molar-refractivity contribution in [3.05, 3.63) is 65.5 Å². The molecule has 4 rings (SSSR count). The maximum Gasteiger partial charge on any atom is 0.254 e. The van der Waals surface area contributed by atoms with Crippen LogP contribution in [-0.2, 0) is 16.1 Å². The third-order valence-corrected chi connectivity index (χ3v) is 6.54. The Morgan fingerprint density at radius 2 is 1.90 bits per heavy atom. The van der Waals surface area contributed by atoms with Crippen LogP contribution in [0.15, 0.2) is 48.8 Å². The number of carbonyl (C=O) groups excluding carboxylic acids is 2. The molecular weight excluding hydrogens is 378 g/mol. The fraction of sp³-hybridized carbons (Fsp3) is 0.458. The Labute approximate surface area is 177 Å². The number of hydrogen-bond acceptors (Lipinski definition) is 4. The van der Waals surface area contributed by atoms with Crippen molar-refractivity contribution in [3.8, 4) is 0 Å². The number of nitrogens with zero attached hydrogens (tertiary/aromatic N) is 2. The van der Waals surface area contributed by atoms with Crippen LogP contribution in [0.2, 0.25) is 0 Å². The summed E-state index contributed by atoms with van der Waals surface area (Å²) < 4.78 is 5.32. The van der Waals surface area contributed by atoms with Crippen molar-refractivity contribution in [3.63, 3.8) is 0 Å². The average Bonchev–Trinajstić information content (AvgIpc) is 2.79. The third-order valence-electron chi connectivity index (χ3n) is 6.54. The molecule has 0 saturated heterocycles. The second-order valence-corrected chi connectivity index (χ2v) is 8.21. The smallest absolute Gasteiger partial charge is 0.254 e. The standard InChI is InChI=1S/C24H29N3O3/c1-30-16-15-27-23(29)20-8-4-3-7-19(20)21(24(27)11-5-2-6-12-24)22(28)26-17-18-9-13-25-14-10-18/h3-4,7-10,13-14,21H,2,5-6,11-12,15-17H2,1H3,(H,26,28)/t21-/m0/s1. The SMILES string of the molecule is COCCN1C(=O)c2ccccc2[C@@H](C(=O)NCc2ccncc2)C12CCCCC2. The monoisotopic (exact) mass is 407 g/mol. The van der Waals surface area contributed by atoms with E-state index in [0.29, 0.717) is 25.3 Å². The van der Waals surface area contributed by atoms with E-state index in [1.165, 1.54) is 0 Å². The first-order valence-electron chi connectivity index (χ1n) is 10.7. The number of carbonyl (C=O) groups is 2. The van der Waals surface area contributed by atoms with Gasteiger partial charge >= 0.3 is 0 Å². The summed E-state index contributed by atoms with van der Waals surface area (Å²) in [5, 5.41) is 3.14. The number of methoxy groups -OCH3 is 1. The predicted octanol–water partition coefficient (Wildman–Crippen LogP) is 3.29. The highest BCUT2D eigenvalue weighted by atomic mass is 16.5. The van der Waals surface area contributed by atoms with E-state index >= 15 is 0 Å². The molecule has 0 bridgehead atoms. The highest BCUT2D eigenvalue weighted by Crippen LogP contribution is 2.49. The molecule has 1 aromatic carbocycles. The molecule has 1 atom stereocenters. The molecule has 1 aliphatic carbocycles. The second kappa shape index (κ2) is 8.96. The molecule has 2 aromatic rings. The molecule has 6 heteroatoms. The molecule has 1 aromatic heterocycles. The van der Waals surface area contributed by atoms with Gasteiger partial charge in [-0.1, -0.05) is 37.5 Å². The Morgan fingerprint density at radius 3 is 2.63 bits per heavy atom. The van der Waals surface area contributed by atoms with E-state index in [0.717, 1.165) is 43.2 Å². The van der Waals surface area contributed by atoms with Crippen LogP contribution in [0.25, 0.3) is 0 Å². The molecule has 2 amide bonds. The fourth-order valence-electron chi connectivity index (χ4n) is 5.14. The lowest BCUT2D eigenvalue weighted by Gasteiger charge is -2.53. The number of ether oxygens (including phenoxy) is 1. The van der Waals surface area contributed by atoms with Gasteiger partial charge in [-0.2, -0.15) is 0 Å². The van der Waals surface area contributed by atoms with E-state index in [-0.39, 0.29) is 17.7 Å². The lowest BCUT2D eigenvalue weighted by molar-refractivity contribution is -0.127. The summed E-state index contributed by atoms with van der Waals surface area (Å²) >= 11 is 0. The zero-order valence-corrected chi connectivity index (χ0v) is 17.5. The van der Waals surface area contributed by atoms with Gasteiger partial charge < -0.3 is 15.0 Å². The Balaban J connectivity index is 1.72. The van der Waals surface area contributed by atoms with Crippen LogP contribution < -0.4 is 5.32 Å². The van der Waals surface area contributed by atoms with Crippen LogP contribution in [0.4, 0.5) is 0 Å². The molecule has 1 fully saturated rings. The molecule has 30 heavy (non-hydrogen) atoms. The van der Waals surface area contributed by atoms with E-state index in [1.807, 2.05) is 41.3 Å². The molecule has 1 spiro atoms. The molecule has 2 heterocycles. The first-order chi connectivity index (χ1) is 14.7. The number of benzene rings is 1. The summed E-state index contributed by atoms with van der Waals surface area (Å²) in [7, 11) is 1.65. The molecule has 158 valence electrons. The van der Waals surface area contributed by atoms with Gasteiger partial charge in [0.05, 0.1) is 18.1 Å². The van der Waals surface area contributed by atoms with Gasteiger partial charge in [-0.25, -0.2) is 0 Å². The van der Waals surface area contributed by atoms with E-state index < -0.39 is 5.54 Å². The highest BCUT2D eigenvalue weighted by Gasteiger charge is 2.54. The third kappa shape index (κ3) is 3.72. The molecule has 2 aliphatic rings. The first-order valence-corrected chi connectivity index (χ1v) is 10.7. The molecule has 1 aliphatic heterocycles. The van der Waals surface area contributed by atoms with Crippen LogP contribution in [0, 0.1) is 0 Å². The summed E-state index contributed by atoms with van der Waals surface area (Å²) in [6.07, 6.45) is 8.31. The number of pyridine rings is 1. The minimum atomic E-state index is -0.495. The molecule has 0 unspecified atom stereocenters. The van der Waals surface area contributed by atoms with E-state index in [1.54, 1.807) is 19.5 Å². The number of aromatic nitrogens is 1. The van der Waals surface area contributed by atoms with Gasteiger partial charge in [0.15, 0.2) is 0 Å². The van der Waals surface area contributed by atoms with Crippen molar-refractivity contribution in [1.29, 1.82) is 0 Å². The van der Waals surface area contributed by atoms with Crippen molar-refractivity contribution in [2.24, 2.45) is 0 Å². The quantitative estimate of drug-likeness (QED) is 0.798. The highest BCUT2D eigenvalue weighted by molar-refractivity contribution is 6.02. The average molecular weight is 408 g/mol. The fourth-order valence-corrected chi connectivity index (χ4v) is 5.14. The minimum absolute atomic E-state index is 0.0164. The maximum absolute atomic E-state index is 13.6. The van der Waals surface area contributed by atoms with Gasteiger partial charge in [0.25, 0.3) is 5.91 Å². The number of hydrogen-bond donors (Lipinski definition) is 1. The Hall–Kier alpha value is -2.73. The largest absolute Gasteiger partial charge is 0.383 e. The zero-order chi connectivity index (χ0) is 21.0. The van der Waals surface area contributed by atoms with Crippen molar-refractivity contribution < 1.29 is 14.3 Å². The van der Waals surface area contributed by atoms with Gasteiger partial charge in [0, 0.05) is 38.2 Å². The van der Waals surface area contributed by atoms with Gasteiger partial charge in [-0.05, 0) is 42.2 Å². The van der Waals surface area contributed by atoms with Crippen molar-refractivity contribution in [1.82, 2.24) is 15.2 Å². The van der Waals surface area contributed by atoms with Crippen molar-refractivity contribution >= 4 is 11.8 Å².